The van der Waals surface area contributed by atoms with E-state index in [9.17, 15) is 14.7 Å². The number of methoxy groups -OCH3 is 1. The van der Waals surface area contributed by atoms with Gasteiger partial charge in [-0.2, -0.15) is 4.98 Å². The van der Waals surface area contributed by atoms with Crippen LogP contribution in [-0.2, 0) is 14.3 Å². The molecule has 1 amide bonds. The van der Waals surface area contributed by atoms with Crippen LogP contribution >= 0.6 is 0 Å². The number of aliphatic hydroxyl groups is 1. The molecule has 3 rings (SSSR count). The third-order valence-corrected chi connectivity index (χ3v) is 4.78. The zero-order valence-corrected chi connectivity index (χ0v) is 17.2. The van der Waals surface area contributed by atoms with Gasteiger partial charge in [-0.05, 0) is 0 Å². The fraction of sp³-hybridized carbons (Fsp3) is 0.667. The molecule has 4 N–H and O–H groups in total. The molecule has 11 nitrogen and oxygen atoms in total. The van der Waals surface area contributed by atoms with Gasteiger partial charge in [-0.25, -0.2) is 4.98 Å². The SMILES string of the molecule is COC1C(O)[C@@H](CNC(C)C)O[C@H]1n1cnc2c(=O)[nH]c(NC(=O)C(C)C)nc21. The number of aliphatic hydroxyl groups excluding tert-OH is 1. The molecule has 3 heterocycles. The molecule has 0 bridgehead atoms. The number of H-pyrrole nitrogens is 1. The van der Waals surface area contributed by atoms with E-state index in [4.69, 9.17) is 9.47 Å². The van der Waals surface area contributed by atoms with Gasteiger partial charge in [0.25, 0.3) is 5.56 Å². The van der Waals surface area contributed by atoms with Gasteiger partial charge in [-0.15, -0.1) is 0 Å². The molecule has 11 heteroatoms. The average Bonchev–Trinajstić information content (AvgIpc) is 3.20. The van der Waals surface area contributed by atoms with Crippen molar-refractivity contribution in [2.24, 2.45) is 5.92 Å². The molecule has 0 aliphatic carbocycles. The summed E-state index contributed by atoms with van der Waals surface area (Å²) in [6.45, 7) is 7.90. The summed E-state index contributed by atoms with van der Waals surface area (Å²) in [5, 5.41) is 16.4. The summed E-state index contributed by atoms with van der Waals surface area (Å²) in [4.78, 5) is 35.3. The zero-order chi connectivity index (χ0) is 21.3. The number of amides is 1. The Balaban J connectivity index is 1.95. The van der Waals surface area contributed by atoms with Crippen LogP contribution in [0.1, 0.15) is 33.9 Å². The molecule has 160 valence electrons. The molecule has 0 spiro atoms. The van der Waals surface area contributed by atoms with E-state index < -0.39 is 30.1 Å². The predicted octanol–water partition coefficient (Wildman–Crippen LogP) is -0.0146. The lowest BCUT2D eigenvalue weighted by Crippen LogP contribution is -2.40. The lowest BCUT2D eigenvalue weighted by atomic mass is 10.1. The van der Waals surface area contributed by atoms with Crippen molar-refractivity contribution in [1.29, 1.82) is 0 Å². The number of anilines is 1. The van der Waals surface area contributed by atoms with Crippen molar-refractivity contribution in [2.45, 2.75) is 58.3 Å². The third-order valence-electron chi connectivity index (χ3n) is 4.78. The van der Waals surface area contributed by atoms with Crippen molar-refractivity contribution >= 4 is 23.0 Å². The third kappa shape index (κ3) is 4.32. The molecule has 1 fully saturated rings. The van der Waals surface area contributed by atoms with Crippen molar-refractivity contribution in [3.63, 3.8) is 0 Å². The normalized spacial score (nSPS) is 24.7. The number of imidazole rings is 1. The summed E-state index contributed by atoms with van der Waals surface area (Å²) >= 11 is 0. The Bertz CT molecular complexity index is 923. The number of nitrogens with one attached hydrogen (secondary N) is 3. The topological polar surface area (TPSA) is 143 Å². The molecule has 0 saturated carbocycles. The molecule has 1 aliphatic rings. The van der Waals surface area contributed by atoms with Crippen LogP contribution in [0.25, 0.3) is 11.2 Å². The molecule has 4 atom stereocenters. The van der Waals surface area contributed by atoms with Crippen LogP contribution in [0.4, 0.5) is 5.95 Å². The highest BCUT2D eigenvalue weighted by Gasteiger charge is 2.45. The number of hydrogen-bond acceptors (Lipinski definition) is 8. The number of aromatic nitrogens is 4. The Morgan fingerprint density at radius 3 is 2.76 bits per heavy atom. The largest absolute Gasteiger partial charge is 0.387 e. The van der Waals surface area contributed by atoms with Crippen LogP contribution in [0, 0.1) is 5.92 Å². The molecule has 2 aromatic rings. The summed E-state index contributed by atoms with van der Waals surface area (Å²) in [7, 11) is 1.48. The van der Waals surface area contributed by atoms with Crippen molar-refractivity contribution in [2.75, 3.05) is 19.0 Å². The van der Waals surface area contributed by atoms with E-state index in [-0.39, 0.29) is 35.0 Å². The van der Waals surface area contributed by atoms with Crippen LogP contribution in [0.5, 0.6) is 0 Å². The van der Waals surface area contributed by atoms with Crippen LogP contribution < -0.4 is 16.2 Å². The number of hydrogen-bond donors (Lipinski definition) is 4. The monoisotopic (exact) mass is 408 g/mol. The van der Waals surface area contributed by atoms with E-state index in [1.807, 2.05) is 13.8 Å². The van der Waals surface area contributed by atoms with Crippen molar-refractivity contribution in [3.05, 3.63) is 16.7 Å². The van der Waals surface area contributed by atoms with Gasteiger partial charge in [0, 0.05) is 25.6 Å². The van der Waals surface area contributed by atoms with E-state index in [0.717, 1.165) is 0 Å². The quantitative estimate of drug-likeness (QED) is 0.501. The number of carbonyl (C=O) groups excluding carboxylic acids is 1. The summed E-state index contributed by atoms with van der Waals surface area (Å²) in [5.74, 6) is -0.532. The maximum Gasteiger partial charge on any atom is 0.280 e. The number of fused-ring (bicyclic) bond motifs is 1. The van der Waals surface area contributed by atoms with Crippen LogP contribution in [0.2, 0.25) is 0 Å². The van der Waals surface area contributed by atoms with E-state index in [1.165, 1.54) is 13.4 Å². The Hall–Kier alpha value is -2.34. The number of ether oxygens (including phenoxy) is 2. The fourth-order valence-electron chi connectivity index (χ4n) is 3.15. The van der Waals surface area contributed by atoms with Gasteiger partial charge in [-0.1, -0.05) is 27.7 Å². The smallest absolute Gasteiger partial charge is 0.280 e. The Labute approximate surface area is 167 Å². The van der Waals surface area contributed by atoms with Gasteiger partial charge >= 0.3 is 0 Å². The van der Waals surface area contributed by atoms with E-state index in [2.05, 4.69) is 25.6 Å². The molecule has 29 heavy (non-hydrogen) atoms. The van der Waals surface area contributed by atoms with Crippen LogP contribution in [0.3, 0.4) is 0 Å². The number of nitrogens with zero attached hydrogens (tertiary/aromatic N) is 3. The highest BCUT2D eigenvalue weighted by atomic mass is 16.6. The first-order valence-electron chi connectivity index (χ1n) is 9.60. The van der Waals surface area contributed by atoms with Gasteiger partial charge in [0.2, 0.25) is 11.9 Å². The second-order valence-electron chi connectivity index (χ2n) is 7.70. The summed E-state index contributed by atoms with van der Waals surface area (Å²) < 4.78 is 13.0. The fourth-order valence-corrected chi connectivity index (χ4v) is 3.15. The lowest BCUT2D eigenvalue weighted by molar-refractivity contribution is -0.118. The van der Waals surface area contributed by atoms with Gasteiger partial charge in [0.15, 0.2) is 17.4 Å². The van der Waals surface area contributed by atoms with Gasteiger partial charge in [0.05, 0.1) is 6.33 Å². The minimum atomic E-state index is -0.879. The molecule has 1 saturated heterocycles. The van der Waals surface area contributed by atoms with Crippen molar-refractivity contribution < 1.29 is 19.4 Å². The second-order valence-corrected chi connectivity index (χ2v) is 7.70. The average molecular weight is 408 g/mol. The highest BCUT2D eigenvalue weighted by Crippen LogP contribution is 2.32. The molecule has 0 radical (unpaired) electrons. The first-order chi connectivity index (χ1) is 13.7. The highest BCUT2D eigenvalue weighted by molar-refractivity contribution is 5.91. The molecular formula is C18H28N6O5. The standard InChI is InChI=1S/C18H28N6O5/c1-8(2)15(26)22-18-21-14-11(16(27)23-18)20-7-24(14)17-13(28-5)12(25)10(29-17)6-19-9(3)4/h7-10,12-13,17,19,25H,6H2,1-5H3,(H2,21,22,23,26,27)/t10-,12?,13?,17-/m1/s1. The molecule has 0 aromatic carbocycles. The molecule has 2 aromatic heterocycles. The minimum Gasteiger partial charge on any atom is -0.387 e. The Kier molecular flexibility index (Phi) is 6.32. The summed E-state index contributed by atoms with van der Waals surface area (Å²) in [5.41, 5.74) is -0.160. The predicted molar refractivity (Wildman–Crippen MR) is 105 cm³/mol. The summed E-state index contributed by atoms with van der Waals surface area (Å²) in [6, 6.07) is 0.229. The molecule has 1 aliphatic heterocycles. The second kappa shape index (κ2) is 8.57. The lowest BCUT2D eigenvalue weighted by Gasteiger charge is -2.20. The van der Waals surface area contributed by atoms with Gasteiger partial charge < -0.3 is 19.9 Å². The van der Waals surface area contributed by atoms with Gasteiger partial charge in [-0.3, -0.25) is 24.5 Å². The van der Waals surface area contributed by atoms with E-state index in [1.54, 1.807) is 18.4 Å². The number of carbonyl (C=O) groups is 1. The Morgan fingerprint density at radius 1 is 1.41 bits per heavy atom. The van der Waals surface area contributed by atoms with E-state index >= 15 is 0 Å². The molecular weight excluding hydrogens is 380 g/mol. The van der Waals surface area contributed by atoms with Crippen LogP contribution in [0.15, 0.2) is 11.1 Å². The summed E-state index contributed by atoms with van der Waals surface area (Å²) in [6.07, 6.45) is -1.38. The zero-order valence-electron chi connectivity index (χ0n) is 17.2. The maximum absolute atomic E-state index is 12.4. The first-order valence-corrected chi connectivity index (χ1v) is 9.60. The Morgan fingerprint density at radius 2 is 2.14 bits per heavy atom. The molecule has 2 unspecified atom stereocenters. The van der Waals surface area contributed by atoms with Crippen molar-refractivity contribution in [1.82, 2.24) is 24.8 Å². The van der Waals surface area contributed by atoms with Crippen molar-refractivity contribution in [3.8, 4) is 0 Å². The number of rotatable bonds is 7. The van der Waals surface area contributed by atoms with E-state index in [0.29, 0.717) is 6.54 Å². The van der Waals surface area contributed by atoms with Gasteiger partial charge in [0.1, 0.15) is 18.3 Å². The van der Waals surface area contributed by atoms with Crippen LogP contribution in [-0.4, -0.2) is 68.5 Å². The minimum absolute atomic E-state index is 0.0217. The number of aromatic amines is 1. The first kappa shape index (κ1) is 21.4. The maximum atomic E-state index is 12.4.